The van der Waals surface area contributed by atoms with Crippen LogP contribution in [0.3, 0.4) is 0 Å². The third-order valence-corrected chi connectivity index (χ3v) is 10.4. The van der Waals surface area contributed by atoms with Crippen LogP contribution in [-0.4, -0.2) is 56.9 Å². The first-order chi connectivity index (χ1) is 23.6. The zero-order chi connectivity index (χ0) is 37.0. The number of amides is 1. The first kappa shape index (κ1) is 38.8. The van der Waals surface area contributed by atoms with Gasteiger partial charge in [-0.2, -0.15) is 5.26 Å². The van der Waals surface area contributed by atoms with Crippen LogP contribution in [0, 0.1) is 39.9 Å². The first-order valence-corrected chi connectivity index (χ1v) is 18.6. The minimum atomic E-state index is -0.652. The summed E-state index contributed by atoms with van der Waals surface area (Å²) >= 11 is 0. The summed E-state index contributed by atoms with van der Waals surface area (Å²) in [6.45, 7) is 24.3. The van der Waals surface area contributed by atoms with Gasteiger partial charge in [-0.3, -0.25) is 5.10 Å². The van der Waals surface area contributed by atoms with Gasteiger partial charge < -0.3 is 19.1 Å². The number of aromatic nitrogens is 3. The molecule has 1 amide bonds. The third-order valence-electron chi connectivity index (χ3n) is 10.4. The Morgan fingerprint density at radius 1 is 1.04 bits per heavy atom. The fourth-order valence-corrected chi connectivity index (χ4v) is 7.40. The number of para-hydroxylation sites is 1. The lowest BCUT2D eigenvalue weighted by molar-refractivity contribution is -0.0922. The summed E-state index contributed by atoms with van der Waals surface area (Å²) in [5, 5.41) is 13.8. The average Bonchev–Trinajstić information content (AvgIpc) is 3.60. The highest BCUT2D eigenvalue weighted by molar-refractivity contribution is 6.01. The highest BCUT2D eigenvalue weighted by atomic mass is 16.6. The number of nitrogens with zero attached hydrogens (tertiary/aromatic N) is 4. The molecule has 3 atom stereocenters. The van der Waals surface area contributed by atoms with E-state index >= 15 is 0 Å². The molecule has 2 heterocycles. The van der Waals surface area contributed by atoms with Crippen molar-refractivity contribution in [3.8, 4) is 29.1 Å². The van der Waals surface area contributed by atoms with Crippen LogP contribution in [-0.2, 0) is 4.74 Å². The van der Waals surface area contributed by atoms with E-state index in [-0.39, 0.29) is 57.5 Å². The van der Waals surface area contributed by atoms with Crippen molar-refractivity contribution in [3.63, 3.8) is 0 Å². The monoisotopic (exact) mass is 689 g/mol. The number of hydrogen-bond acceptors (Lipinski definition) is 7. The molecular weight excluding hydrogens is 630 g/mol. The third kappa shape index (κ3) is 8.30. The second-order valence-electron chi connectivity index (χ2n) is 16.1. The number of nitrogens with one attached hydrogen (secondary N) is 1. The summed E-state index contributed by atoms with van der Waals surface area (Å²) in [5.41, 5.74) is 0.466. The van der Waals surface area contributed by atoms with Gasteiger partial charge in [0.05, 0.1) is 11.7 Å². The number of rotatable bonds is 12. The zero-order valence-electron chi connectivity index (χ0n) is 32.2. The van der Waals surface area contributed by atoms with Crippen molar-refractivity contribution in [2.24, 2.45) is 28.6 Å². The van der Waals surface area contributed by atoms with Gasteiger partial charge >= 0.3 is 12.1 Å². The molecule has 3 unspecified atom stereocenters. The van der Waals surface area contributed by atoms with Crippen molar-refractivity contribution < 1.29 is 23.8 Å². The highest BCUT2D eigenvalue weighted by Crippen LogP contribution is 2.50. The summed E-state index contributed by atoms with van der Waals surface area (Å²) in [5.74, 6) is 0.977. The van der Waals surface area contributed by atoms with Crippen LogP contribution in [0.1, 0.15) is 131 Å². The van der Waals surface area contributed by atoms with Crippen LogP contribution in [0.4, 0.5) is 4.79 Å². The molecule has 1 saturated carbocycles. The molecule has 1 aliphatic carbocycles. The van der Waals surface area contributed by atoms with Crippen LogP contribution in [0.2, 0.25) is 0 Å². The second kappa shape index (κ2) is 15.9. The SMILES string of the molecule is CCCCC(CC)Oc1ccccc1-c1nc2c(C(=O)OC3C(C(C)(C)C)CC(C)CC3C(C)(C)C)c(C#N)c(OC(=O)N(CC)CC)n2[nH]1. The van der Waals surface area contributed by atoms with Gasteiger partial charge in [-0.25, -0.2) is 19.1 Å². The molecule has 10 heteroatoms. The minimum absolute atomic E-state index is 0.0240. The Balaban J connectivity index is 1.88. The summed E-state index contributed by atoms with van der Waals surface area (Å²) in [6.07, 6.45) is 4.79. The van der Waals surface area contributed by atoms with Gasteiger partial charge in [-0.05, 0) is 68.4 Å². The van der Waals surface area contributed by atoms with E-state index in [2.05, 4.69) is 73.5 Å². The molecule has 2 aromatic heterocycles. The molecule has 0 bridgehead atoms. The Hall–Kier alpha value is -4.00. The fourth-order valence-electron chi connectivity index (χ4n) is 7.40. The smallest absolute Gasteiger partial charge is 0.416 e. The van der Waals surface area contributed by atoms with Gasteiger partial charge in [-0.15, -0.1) is 0 Å². The number of hydrogen-bond donors (Lipinski definition) is 1. The minimum Gasteiger partial charge on any atom is -0.490 e. The number of H-pyrrole nitrogens is 1. The summed E-state index contributed by atoms with van der Waals surface area (Å²) in [7, 11) is 0. The predicted octanol–water partition coefficient (Wildman–Crippen LogP) is 9.67. The number of carbonyl (C=O) groups excluding carboxylic acids is 2. The van der Waals surface area contributed by atoms with E-state index in [0.29, 0.717) is 36.1 Å². The standard InChI is InChI=1S/C40H59N5O5/c1-12-16-19-26(13-2)48-31-21-18-17-20-27(31)34-42-35-32(28(24-41)36(45(35)43-34)50-38(47)44(14-3)15-4)37(46)49-33-29(39(6,7)8)22-25(5)23-30(33)40(9,10)11/h17-18,20-21,25-26,29-30,33H,12-16,19,22-23H2,1-11H3,(H,42,43). The molecule has 0 aliphatic heterocycles. The number of nitriles is 1. The molecule has 3 aromatic rings. The van der Waals surface area contributed by atoms with Gasteiger partial charge in [0.15, 0.2) is 11.5 Å². The van der Waals surface area contributed by atoms with Gasteiger partial charge in [0.25, 0.3) is 0 Å². The van der Waals surface area contributed by atoms with Crippen molar-refractivity contribution in [3.05, 3.63) is 35.4 Å². The Morgan fingerprint density at radius 2 is 1.66 bits per heavy atom. The van der Waals surface area contributed by atoms with Gasteiger partial charge in [0.2, 0.25) is 5.88 Å². The van der Waals surface area contributed by atoms with Crippen molar-refractivity contribution in [2.45, 2.75) is 127 Å². The topological polar surface area (TPSA) is 122 Å². The van der Waals surface area contributed by atoms with E-state index in [1.165, 1.54) is 9.42 Å². The lowest BCUT2D eigenvalue weighted by Gasteiger charge is -2.50. The van der Waals surface area contributed by atoms with Gasteiger partial charge in [0.1, 0.15) is 29.0 Å². The molecule has 1 aliphatic rings. The van der Waals surface area contributed by atoms with Crippen molar-refractivity contribution >= 4 is 17.7 Å². The molecule has 1 N–H and O–H groups in total. The van der Waals surface area contributed by atoms with Crippen LogP contribution in [0.5, 0.6) is 11.6 Å². The number of benzene rings is 1. The van der Waals surface area contributed by atoms with E-state index in [1.807, 2.05) is 38.1 Å². The first-order valence-electron chi connectivity index (χ1n) is 18.6. The second-order valence-corrected chi connectivity index (χ2v) is 16.1. The molecular formula is C40H59N5O5. The van der Waals surface area contributed by atoms with Crippen molar-refractivity contribution in [1.29, 1.82) is 5.26 Å². The normalized spacial score (nSPS) is 20.3. The van der Waals surface area contributed by atoms with Crippen molar-refractivity contribution in [1.82, 2.24) is 19.5 Å². The maximum absolute atomic E-state index is 14.6. The van der Waals surface area contributed by atoms with Crippen molar-refractivity contribution in [2.75, 3.05) is 13.1 Å². The summed E-state index contributed by atoms with van der Waals surface area (Å²) < 4.78 is 20.4. The Morgan fingerprint density at radius 3 is 2.20 bits per heavy atom. The van der Waals surface area contributed by atoms with E-state index in [0.717, 1.165) is 38.5 Å². The molecule has 0 spiro atoms. The highest BCUT2D eigenvalue weighted by Gasteiger charge is 2.48. The number of carbonyl (C=O) groups is 2. The summed E-state index contributed by atoms with van der Waals surface area (Å²) in [6, 6.07) is 9.76. The molecule has 274 valence electrons. The Kier molecular flexibility index (Phi) is 12.3. The van der Waals surface area contributed by atoms with E-state index in [9.17, 15) is 14.9 Å². The molecule has 1 fully saturated rings. The molecule has 4 rings (SSSR count). The van der Waals surface area contributed by atoms with E-state index in [1.54, 1.807) is 0 Å². The van der Waals surface area contributed by atoms with Crippen LogP contribution < -0.4 is 9.47 Å². The Labute approximate surface area is 298 Å². The zero-order valence-corrected chi connectivity index (χ0v) is 32.2. The van der Waals surface area contributed by atoms with Crippen LogP contribution in [0.15, 0.2) is 24.3 Å². The quantitative estimate of drug-likeness (QED) is 0.188. The number of esters is 1. The van der Waals surface area contributed by atoms with Crippen LogP contribution >= 0.6 is 0 Å². The maximum Gasteiger partial charge on any atom is 0.416 e. The molecule has 0 saturated heterocycles. The number of aromatic amines is 1. The lowest BCUT2D eigenvalue weighted by atomic mass is 9.59. The summed E-state index contributed by atoms with van der Waals surface area (Å²) in [4.78, 5) is 34.3. The largest absolute Gasteiger partial charge is 0.490 e. The van der Waals surface area contributed by atoms with Gasteiger partial charge in [-0.1, -0.05) is 87.3 Å². The maximum atomic E-state index is 14.6. The number of ether oxygens (including phenoxy) is 3. The fraction of sp³-hybridized carbons (Fsp3) is 0.650. The Bertz CT molecular complexity index is 1640. The van der Waals surface area contributed by atoms with E-state index < -0.39 is 12.1 Å². The van der Waals surface area contributed by atoms with Crippen LogP contribution in [0.25, 0.3) is 17.0 Å². The van der Waals surface area contributed by atoms with E-state index in [4.69, 9.17) is 19.2 Å². The molecule has 10 nitrogen and oxygen atoms in total. The van der Waals surface area contributed by atoms with Gasteiger partial charge in [0, 0.05) is 24.9 Å². The average molecular weight is 690 g/mol. The predicted molar refractivity (Wildman–Crippen MR) is 196 cm³/mol. The number of fused-ring (bicyclic) bond motifs is 1. The molecule has 0 radical (unpaired) electrons. The lowest BCUT2D eigenvalue weighted by Crippen LogP contribution is -2.49. The number of unbranched alkanes of at least 4 members (excludes halogenated alkanes) is 1. The molecule has 1 aromatic carbocycles. The molecule has 50 heavy (non-hydrogen) atoms.